The Bertz CT molecular complexity index is 1100. The second-order valence-electron chi connectivity index (χ2n) is 5.95. The van der Waals surface area contributed by atoms with Crippen molar-refractivity contribution in [2.24, 2.45) is 0 Å². The average Bonchev–Trinajstić information content (AvgIpc) is 3.12. The number of hydrogen-bond donors (Lipinski definition) is 1. The number of carbonyl (C=O) groups excluding carboxylic acids is 1. The zero-order valence-corrected chi connectivity index (χ0v) is 15.0. The van der Waals surface area contributed by atoms with Gasteiger partial charge in [-0.2, -0.15) is 13.2 Å². The van der Waals surface area contributed by atoms with Gasteiger partial charge in [0.1, 0.15) is 15.4 Å². The first-order chi connectivity index (χ1) is 13.4. The topological polar surface area (TPSA) is 54.9 Å². The Morgan fingerprint density at radius 3 is 2.32 bits per heavy atom. The number of pyridine rings is 1. The highest BCUT2D eigenvalue weighted by Crippen LogP contribution is 2.30. The average molecular weight is 399 g/mol. The molecule has 2 aromatic carbocycles. The lowest BCUT2D eigenvalue weighted by Crippen LogP contribution is -2.12. The summed E-state index contributed by atoms with van der Waals surface area (Å²) in [5.41, 5.74) is 1.60. The van der Waals surface area contributed by atoms with Gasteiger partial charge in [0.2, 0.25) is 0 Å². The predicted octanol–water partition coefficient (Wildman–Crippen LogP) is 5.63. The van der Waals surface area contributed by atoms with Gasteiger partial charge in [-0.3, -0.25) is 4.79 Å². The molecule has 2 aromatic heterocycles. The van der Waals surface area contributed by atoms with Crippen LogP contribution in [0.4, 0.5) is 18.9 Å². The Labute approximate surface area is 161 Å². The third-order valence-electron chi connectivity index (χ3n) is 4.03. The van der Waals surface area contributed by atoms with Crippen molar-refractivity contribution in [1.29, 1.82) is 0 Å². The van der Waals surface area contributed by atoms with Crippen LogP contribution in [0.5, 0.6) is 0 Å². The van der Waals surface area contributed by atoms with Crippen LogP contribution >= 0.6 is 11.3 Å². The summed E-state index contributed by atoms with van der Waals surface area (Å²) in [6.45, 7) is 0. The second kappa shape index (κ2) is 7.05. The molecular formula is C20H12F3N3OS. The maximum absolute atomic E-state index is 12.6. The summed E-state index contributed by atoms with van der Waals surface area (Å²) in [5.74, 6) is -0.481. The number of rotatable bonds is 3. The summed E-state index contributed by atoms with van der Waals surface area (Å²) >= 11 is 1.47. The van der Waals surface area contributed by atoms with Crippen molar-refractivity contribution in [2.45, 2.75) is 6.18 Å². The van der Waals surface area contributed by atoms with Crippen molar-refractivity contribution < 1.29 is 18.0 Å². The van der Waals surface area contributed by atoms with Gasteiger partial charge < -0.3 is 5.32 Å². The minimum atomic E-state index is -4.43. The van der Waals surface area contributed by atoms with E-state index in [0.29, 0.717) is 5.69 Å². The number of benzene rings is 2. The molecule has 0 fully saturated rings. The maximum Gasteiger partial charge on any atom is 0.416 e. The zero-order valence-electron chi connectivity index (χ0n) is 14.2. The molecule has 0 aliphatic carbocycles. The van der Waals surface area contributed by atoms with Gasteiger partial charge in [0.05, 0.1) is 5.56 Å². The highest BCUT2D eigenvalue weighted by Gasteiger charge is 2.30. The summed E-state index contributed by atoms with van der Waals surface area (Å²) < 4.78 is 37.8. The molecule has 0 atom stereocenters. The van der Waals surface area contributed by atoms with Crippen molar-refractivity contribution in [3.63, 3.8) is 0 Å². The molecule has 0 saturated carbocycles. The van der Waals surface area contributed by atoms with Gasteiger partial charge in [0.15, 0.2) is 0 Å². The molecule has 2 heterocycles. The first kappa shape index (κ1) is 18.1. The van der Waals surface area contributed by atoms with Crippen molar-refractivity contribution in [3.8, 4) is 10.6 Å². The molecule has 28 heavy (non-hydrogen) atoms. The number of fused-ring (bicyclic) bond motifs is 1. The molecule has 0 saturated heterocycles. The molecule has 4 nitrogen and oxygen atoms in total. The Morgan fingerprint density at radius 2 is 1.68 bits per heavy atom. The van der Waals surface area contributed by atoms with Gasteiger partial charge in [0.25, 0.3) is 5.91 Å². The third-order valence-corrected chi connectivity index (χ3v) is 5.06. The lowest BCUT2D eigenvalue weighted by atomic mass is 10.1. The lowest BCUT2D eigenvalue weighted by Gasteiger charge is -2.08. The van der Waals surface area contributed by atoms with E-state index in [1.807, 2.05) is 24.3 Å². The van der Waals surface area contributed by atoms with Crippen LogP contribution in [0.3, 0.4) is 0 Å². The number of aromatic nitrogens is 2. The van der Waals surface area contributed by atoms with Crippen LogP contribution in [0.25, 0.3) is 20.9 Å². The summed E-state index contributed by atoms with van der Waals surface area (Å²) in [6, 6.07) is 14.9. The molecule has 0 aliphatic rings. The Morgan fingerprint density at radius 1 is 0.964 bits per heavy atom. The summed E-state index contributed by atoms with van der Waals surface area (Å²) in [7, 11) is 0. The summed E-state index contributed by atoms with van der Waals surface area (Å²) in [4.78, 5) is 21.9. The standard InChI is InChI=1S/C20H12F3N3OS/c21-20(22,23)14-7-3-12(4-8-14)17(27)25-15-9-5-13(6-10-15)18-26-16-2-1-11-24-19(16)28-18/h1-11H,(H,25,27). The molecule has 140 valence electrons. The molecule has 8 heteroatoms. The highest BCUT2D eigenvalue weighted by atomic mass is 32.1. The number of alkyl halides is 3. The number of nitrogens with one attached hydrogen (secondary N) is 1. The number of nitrogens with zero attached hydrogens (tertiary/aromatic N) is 2. The normalized spacial score (nSPS) is 11.5. The molecule has 0 unspecified atom stereocenters. The smallest absolute Gasteiger partial charge is 0.322 e. The van der Waals surface area contributed by atoms with E-state index in [1.165, 1.54) is 11.3 Å². The molecular weight excluding hydrogens is 387 g/mol. The molecule has 0 bridgehead atoms. The van der Waals surface area contributed by atoms with Crippen LogP contribution in [-0.4, -0.2) is 15.9 Å². The van der Waals surface area contributed by atoms with Crippen molar-refractivity contribution in [3.05, 3.63) is 78.0 Å². The Hall–Kier alpha value is -3.26. The number of thiazole rings is 1. The van der Waals surface area contributed by atoms with E-state index >= 15 is 0 Å². The van der Waals surface area contributed by atoms with Crippen LogP contribution < -0.4 is 5.32 Å². The molecule has 0 spiro atoms. The van der Waals surface area contributed by atoms with E-state index < -0.39 is 17.6 Å². The second-order valence-corrected chi connectivity index (χ2v) is 6.93. The summed E-state index contributed by atoms with van der Waals surface area (Å²) in [5, 5.41) is 3.49. The van der Waals surface area contributed by atoms with Crippen LogP contribution in [0.1, 0.15) is 15.9 Å². The van der Waals surface area contributed by atoms with Gasteiger partial charge in [0, 0.05) is 23.0 Å². The van der Waals surface area contributed by atoms with Crippen molar-refractivity contribution in [2.75, 3.05) is 5.32 Å². The molecule has 0 radical (unpaired) electrons. The highest BCUT2D eigenvalue weighted by molar-refractivity contribution is 7.21. The Kier molecular flexibility index (Phi) is 4.56. The molecule has 4 rings (SSSR count). The Balaban J connectivity index is 1.49. The zero-order chi connectivity index (χ0) is 19.7. The maximum atomic E-state index is 12.6. The van der Waals surface area contributed by atoms with Gasteiger partial charge >= 0.3 is 6.18 Å². The third kappa shape index (κ3) is 3.72. The largest absolute Gasteiger partial charge is 0.416 e. The van der Waals surface area contributed by atoms with Gasteiger partial charge in [-0.1, -0.05) is 11.3 Å². The van der Waals surface area contributed by atoms with E-state index in [2.05, 4.69) is 15.3 Å². The number of anilines is 1. The first-order valence-electron chi connectivity index (χ1n) is 8.21. The van der Waals surface area contributed by atoms with E-state index in [0.717, 1.165) is 45.2 Å². The first-order valence-corrected chi connectivity index (χ1v) is 9.02. The molecule has 1 amide bonds. The molecule has 4 aromatic rings. The fourth-order valence-electron chi connectivity index (χ4n) is 2.60. The van der Waals surface area contributed by atoms with Crippen LogP contribution in [-0.2, 0) is 6.18 Å². The quantitative estimate of drug-likeness (QED) is 0.486. The predicted molar refractivity (Wildman–Crippen MR) is 102 cm³/mol. The van der Waals surface area contributed by atoms with Crippen molar-refractivity contribution >= 4 is 33.3 Å². The van der Waals surface area contributed by atoms with Gasteiger partial charge in [-0.25, -0.2) is 9.97 Å². The van der Waals surface area contributed by atoms with E-state index in [9.17, 15) is 18.0 Å². The SMILES string of the molecule is O=C(Nc1ccc(-c2nc3cccnc3s2)cc1)c1ccc(C(F)(F)F)cc1. The summed E-state index contributed by atoms with van der Waals surface area (Å²) in [6.07, 6.45) is -2.72. The van der Waals surface area contributed by atoms with E-state index in [1.54, 1.807) is 18.3 Å². The van der Waals surface area contributed by atoms with Crippen LogP contribution in [0.2, 0.25) is 0 Å². The minimum absolute atomic E-state index is 0.148. The number of halogens is 3. The van der Waals surface area contributed by atoms with Crippen molar-refractivity contribution in [1.82, 2.24) is 9.97 Å². The van der Waals surface area contributed by atoms with Gasteiger partial charge in [-0.05, 0) is 60.7 Å². The fraction of sp³-hybridized carbons (Fsp3) is 0.0500. The number of amides is 1. The fourth-order valence-corrected chi connectivity index (χ4v) is 3.52. The van der Waals surface area contributed by atoms with Crippen LogP contribution in [0, 0.1) is 0 Å². The molecule has 1 N–H and O–H groups in total. The number of hydrogen-bond acceptors (Lipinski definition) is 4. The monoisotopic (exact) mass is 399 g/mol. The van der Waals surface area contributed by atoms with E-state index in [4.69, 9.17) is 0 Å². The van der Waals surface area contributed by atoms with Crippen LogP contribution in [0.15, 0.2) is 66.9 Å². The lowest BCUT2D eigenvalue weighted by molar-refractivity contribution is -0.137. The minimum Gasteiger partial charge on any atom is -0.322 e. The number of carbonyl (C=O) groups is 1. The van der Waals surface area contributed by atoms with Gasteiger partial charge in [-0.15, -0.1) is 0 Å². The molecule has 0 aliphatic heterocycles. The van der Waals surface area contributed by atoms with E-state index in [-0.39, 0.29) is 5.56 Å².